The summed E-state index contributed by atoms with van der Waals surface area (Å²) in [5.41, 5.74) is 4.33. The number of aryl methyl sites for hydroxylation is 1. The fourth-order valence-corrected chi connectivity index (χ4v) is 4.13. The number of hydrogen-bond acceptors (Lipinski definition) is 8. The molecule has 12 heteroatoms. The van der Waals surface area contributed by atoms with E-state index < -0.39 is 0 Å². The predicted octanol–water partition coefficient (Wildman–Crippen LogP) is 2.84. The smallest absolute Gasteiger partial charge is 0.290 e. The Kier molecular flexibility index (Phi) is 6.48. The lowest BCUT2D eigenvalue weighted by atomic mass is 10.0. The largest absolute Gasteiger partial charge is 0.335 e. The molecule has 0 aliphatic carbocycles. The van der Waals surface area contributed by atoms with Gasteiger partial charge >= 0.3 is 5.69 Å². The summed E-state index contributed by atoms with van der Waals surface area (Å²) in [6, 6.07) is 11.9. The molecule has 0 saturated carbocycles. The van der Waals surface area contributed by atoms with Crippen LogP contribution in [0.4, 0.5) is 0 Å². The topological polar surface area (TPSA) is 138 Å². The second kappa shape index (κ2) is 10.0. The highest BCUT2D eigenvalue weighted by atomic mass is 16.2. The van der Waals surface area contributed by atoms with Crippen molar-refractivity contribution in [3.63, 3.8) is 0 Å². The molecule has 5 rings (SSSR count). The lowest BCUT2D eigenvalue weighted by Gasteiger charge is -2.10. The van der Waals surface area contributed by atoms with Gasteiger partial charge < -0.3 is 0 Å². The molecular formula is C24H27N11O. The Bertz CT molecular complexity index is 1510. The van der Waals surface area contributed by atoms with Crippen LogP contribution in [0, 0.1) is 0 Å². The number of nitrogens with one attached hydrogen (secondary N) is 1. The van der Waals surface area contributed by atoms with E-state index in [-0.39, 0.29) is 11.7 Å². The van der Waals surface area contributed by atoms with Crippen molar-refractivity contribution in [2.45, 2.75) is 52.6 Å². The number of imidazole rings is 1. The lowest BCUT2D eigenvalue weighted by molar-refractivity contribution is 0.456. The van der Waals surface area contributed by atoms with Crippen molar-refractivity contribution in [3.05, 3.63) is 70.7 Å². The van der Waals surface area contributed by atoms with Gasteiger partial charge in [-0.15, -0.1) is 10.2 Å². The Balaban J connectivity index is 1.50. The summed E-state index contributed by atoms with van der Waals surface area (Å²) in [6.45, 7) is 6.51. The van der Waals surface area contributed by atoms with Gasteiger partial charge in [0.25, 0.3) is 5.95 Å². The Hall–Kier alpha value is -4.48. The molecule has 0 amide bonds. The van der Waals surface area contributed by atoms with Crippen molar-refractivity contribution in [2.24, 2.45) is 0 Å². The quantitative estimate of drug-likeness (QED) is 0.336. The van der Waals surface area contributed by atoms with Crippen molar-refractivity contribution in [3.8, 4) is 28.5 Å². The molecule has 0 saturated heterocycles. The highest BCUT2D eigenvalue weighted by Gasteiger charge is 2.19. The lowest BCUT2D eigenvalue weighted by Crippen LogP contribution is -2.27. The molecule has 36 heavy (non-hydrogen) atoms. The predicted molar refractivity (Wildman–Crippen MR) is 132 cm³/mol. The summed E-state index contributed by atoms with van der Waals surface area (Å²) in [5.74, 6) is 0.952. The standard InChI is InChI=1S/C24H27N11O/c1-4-7-21-15-34(23-28-31-32-35(23)16(3)5-2)24(36)33(21)14-20-13-18(10-11-25-20)17-8-6-9-19(12-17)22-26-29-30-27-22/h6,8-13,15-16H,4-5,7,14H2,1-3H3,(H,26,27,29,30). The molecule has 4 heterocycles. The zero-order valence-electron chi connectivity index (χ0n) is 20.4. The van der Waals surface area contributed by atoms with Crippen LogP contribution in [0.3, 0.4) is 0 Å². The van der Waals surface area contributed by atoms with Crippen molar-refractivity contribution in [1.29, 1.82) is 0 Å². The highest BCUT2D eigenvalue weighted by Crippen LogP contribution is 2.24. The average Bonchev–Trinajstić information content (AvgIpc) is 3.67. The van der Waals surface area contributed by atoms with Crippen LogP contribution in [-0.4, -0.2) is 54.9 Å². The monoisotopic (exact) mass is 485 g/mol. The number of pyridine rings is 1. The average molecular weight is 486 g/mol. The number of nitrogens with zero attached hydrogens (tertiary/aromatic N) is 10. The third-order valence-electron chi connectivity index (χ3n) is 6.20. The molecule has 1 aromatic carbocycles. The molecule has 1 N–H and O–H groups in total. The first-order valence-corrected chi connectivity index (χ1v) is 12.0. The van der Waals surface area contributed by atoms with E-state index in [1.807, 2.05) is 49.5 Å². The molecule has 1 atom stereocenters. The van der Waals surface area contributed by atoms with Crippen LogP contribution in [0.2, 0.25) is 0 Å². The van der Waals surface area contributed by atoms with Crippen molar-refractivity contribution >= 4 is 0 Å². The van der Waals surface area contributed by atoms with Crippen LogP contribution in [-0.2, 0) is 13.0 Å². The van der Waals surface area contributed by atoms with E-state index in [1.54, 1.807) is 15.4 Å². The maximum Gasteiger partial charge on any atom is 0.335 e. The Labute approximate surface area is 207 Å². The molecule has 184 valence electrons. The van der Waals surface area contributed by atoms with E-state index in [0.29, 0.717) is 18.3 Å². The van der Waals surface area contributed by atoms with Gasteiger partial charge in [0.1, 0.15) is 0 Å². The summed E-state index contributed by atoms with van der Waals surface area (Å²) in [7, 11) is 0. The number of aromatic amines is 1. The van der Waals surface area contributed by atoms with Crippen LogP contribution < -0.4 is 5.69 Å². The molecule has 12 nitrogen and oxygen atoms in total. The van der Waals surface area contributed by atoms with E-state index in [4.69, 9.17) is 0 Å². The zero-order chi connectivity index (χ0) is 25.1. The first-order chi connectivity index (χ1) is 17.6. The molecule has 0 fully saturated rings. The van der Waals surface area contributed by atoms with Gasteiger partial charge in [-0.2, -0.15) is 5.21 Å². The Morgan fingerprint density at radius 3 is 2.67 bits per heavy atom. The molecule has 0 radical (unpaired) electrons. The number of aromatic nitrogens is 11. The van der Waals surface area contributed by atoms with Crippen molar-refractivity contribution in [2.75, 3.05) is 0 Å². The third kappa shape index (κ3) is 4.44. The molecule has 4 aromatic heterocycles. The third-order valence-corrected chi connectivity index (χ3v) is 6.20. The molecule has 0 aliphatic heterocycles. The number of hydrogen-bond donors (Lipinski definition) is 1. The van der Waals surface area contributed by atoms with Crippen LogP contribution in [0.5, 0.6) is 0 Å². The zero-order valence-corrected chi connectivity index (χ0v) is 20.4. The number of tetrazole rings is 2. The van der Waals surface area contributed by atoms with Gasteiger partial charge in [-0.25, -0.2) is 14.0 Å². The number of H-pyrrole nitrogens is 1. The van der Waals surface area contributed by atoms with Gasteiger partial charge in [-0.3, -0.25) is 9.55 Å². The van der Waals surface area contributed by atoms with E-state index in [0.717, 1.165) is 47.3 Å². The van der Waals surface area contributed by atoms with Crippen LogP contribution >= 0.6 is 0 Å². The summed E-state index contributed by atoms with van der Waals surface area (Å²) in [4.78, 5) is 18.1. The minimum absolute atomic E-state index is 0.0708. The van der Waals surface area contributed by atoms with Gasteiger partial charge in [-0.05, 0) is 64.7 Å². The molecule has 1 unspecified atom stereocenters. The summed E-state index contributed by atoms with van der Waals surface area (Å²) in [5, 5.41) is 26.3. The summed E-state index contributed by atoms with van der Waals surface area (Å²) < 4.78 is 4.98. The first kappa shape index (κ1) is 23.3. The fraction of sp³-hybridized carbons (Fsp3) is 0.333. The molecular weight excluding hydrogens is 458 g/mol. The van der Waals surface area contributed by atoms with Gasteiger partial charge in [0.05, 0.1) is 18.3 Å². The van der Waals surface area contributed by atoms with Crippen molar-refractivity contribution < 1.29 is 0 Å². The Morgan fingerprint density at radius 1 is 1.06 bits per heavy atom. The second-order valence-electron chi connectivity index (χ2n) is 8.64. The SMILES string of the molecule is CCCc1cn(-c2nnnn2C(C)CC)c(=O)n1Cc1cc(-c2cccc(-c3nn[nH]n3)c2)ccn1. The molecule has 0 spiro atoms. The minimum atomic E-state index is -0.191. The minimum Gasteiger partial charge on any atom is -0.290 e. The summed E-state index contributed by atoms with van der Waals surface area (Å²) in [6.07, 6.45) is 6.10. The Morgan fingerprint density at radius 2 is 1.89 bits per heavy atom. The van der Waals surface area contributed by atoms with E-state index in [1.165, 1.54) is 4.57 Å². The van der Waals surface area contributed by atoms with Crippen LogP contribution in [0.15, 0.2) is 53.6 Å². The van der Waals surface area contributed by atoms with E-state index in [2.05, 4.69) is 55.0 Å². The maximum atomic E-state index is 13.5. The van der Waals surface area contributed by atoms with Crippen molar-refractivity contribution in [1.82, 2.24) is 54.9 Å². The number of rotatable bonds is 9. The molecule has 5 aromatic rings. The van der Waals surface area contributed by atoms with Gasteiger partial charge in [-0.1, -0.05) is 43.6 Å². The van der Waals surface area contributed by atoms with Crippen LogP contribution in [0.25, 0.3) is 28.5 Å². The summed E-state index contributed by atoms with van der Waals surface area (Å²) >= 11 is 0. The molecule has 0 aliphatic rings. The first-order valence-electron chi connectivity index (χ1n) is 12.0. The molecule has 0 bridgehead atoms. The van der Waals surface area contributed by atoms with Gasteiger partial charge in [0.2, 0.25) is 5.82 Å². The normalized spacial score (nSPS) is 12.2. The van der Waals surface area contributed by atoms with Gasteiger partial charge in [0, 0.05) is 23.7 Å². The van der Waals surface area contributed by atoms with Crippen LogP contribution in [0.1, 0.15) is 51.0 Å². The number of benzene rings is 1. The van der Waals surface area contributed by atoms with E-state index >= 15 is 0 Å². The fourth-order valence-electron chi connectivity index (χ4n) is 4.13. The maximum absolute atomic E-state index is 13.5. The second-order valence-corrected chi connectivity index (χ2v) is 8.64. The van der Waals surface area contributed by atoms with Gasteiger partial charge in [0.15, 0.2) is 0 Å². The van der Waals surface area contributed by atoms with E-state index in [9.17, 15) is 4.79 Å². The highest BCUT2D eigenvalue weighted by molar-refractivity contribution is 5.70.